The van der Waals surface area contributed by atoms with E-state index < -0.39 is 11.8 Å². The molecular weight excluding hydrogens is 322 g/mol. The van der Waals surface area contributed by atoms with Crippen molar-refractivity contribution < 1.29 is 14.3 Å². The average molecular weight is 330 g/mol. The summed E-state index contributed by atoms with van der Waals surface area (Å²) < 4.78 is 14.4. The van der Waals surface area contributed by atoms with Crippen molar-refractivity contribution in [2.75, 3.05) is 0 Å². The van der Waals surface area contributed by atoms with Crippen LogP contribution in [0, 0.1) is 5.82 Å². The normalized spacial score (nSPS) is 10.4. The Kier molecular flexibility index (Phi) is 3.68. The first-order chi connectivity index (χ1) is 8.49. The Bertz CT molecular complexity index is 628. The van der Waals surface area contributed by atoms with Gasteiger partial charge in [-0.05, 0) is 35.9 Å². The molecule has 0 unspecified atom stereocenters. The Morgan fingerprint density at radius 1 is 1.22 bits per heavy atom. The highest BCUT2D eigenvalue weighted by Gasteiger charge is 2.12. The van der Waals surface area contributed by atoms with Crippen molar-refractivity contribution in [2.45, 2.75) is 0 Å². The highest BCUT2D eigenvalue weighted by atomic mass is 79.9. The summed E-state index contributed by atoms with van der Waals surface area (Å²) in [6, 6.07) is 8.86. The summed E-state index contributed by atoms with van der Waals surface area (Å²) in [5.41, 5.74) is 0.743. The molecule has 0 bridgehead atoms. The van der Waals surface area contributed by atoms with E-state index in [1.165, 1.54) is 18.2 Å². The second-order valence-corrected chi connectivity index (χ2v) is 4.95. The zero-order valence-corrected chi connectivity index (χ0v) is 11.3. The van der Waals surface area contributed by atoms with Gasteiger partial charge in [0.1, 0.15) is 5.82 Å². The maximum absolute atomic E-state index is 13.7. The minimum atomic E-state index is -1.14. The highest BCUT2D eigenvalue weighted by Crippen LogP contribution is 2.29. The molecule has 0 atom stereocenters. The molecule has 0 fully saturated rings. The molecule has 0 aliphatic rings. The third kappa shape index (κ3) is 2.54. The fourth-order valence-electron chi connectivity index (χ4n) is 1.58. The molecule has 0 radical (unpaired) electrons. The predicted octanol–water partition coefficient (Wildman–Crippen LogP) is 4.61. The van der Waals surface area contributed by atoms with E-state index in [1.54, 1.807) is 18.2 Å². The van der Waals surface area contributed by atoms with E-state index in [1.807, 2.05) is 0 Å². The number of aromatic carboxylic acids is 1. The molecule has 0 aliphatic carbocycles. The molecule has 0 aliphatic heterocycles. The minimum Gasteiger partial charge on any atom is -0.478 e. The Balaban J connectivity index is 2.61. The van der Waals surface area contributed by atoms with Gasteiger partial charge in [0.15, 0.2) is 0 Å². The fraction of sp³-hybridized carbons (Fsp3) is 0. The number of benzene rings is 2. The molecule has 2 nitrogen and oxygen atoms in total. The summed E-state index contributed by atoms with van der Waals surface area (Å²) in [4.78, 5) is 11.0. The number of hydrogen-bond acceptors (Lipinski definition) is 1. The Morgan fingerprint density at radius 2 is 1.94 bits per heavy atom. The number of hydrogen-bond donors (Lipinski definition) is 1. The largest absolute Gasteiger partial charge is 0.478 e. The first-order valence-electron chi connectivity index (χ1n) is 4.97. The van der Waals surface area contributed by atoms with Crippen LogP contribution in [-0.4, -0.2) is 11.1 Å². The predicted molar refractivity (Wildman–Crippen MR) is 71.5 cm³/mol. The van der Waals surface area contributed by atoms with Crippen LogP contribution in [0.5, 0.6) is 0 Å². The van der Waals surface area contributed by atoms with Gasteiger partial charge in [0.05, 0.1) is 10.6 Å². The number of carboxylic acids is 1. The van der Waals surface area contributed by atoms with Gasteiger partial charge in [-0.1, -0.05) is 33.6 Å². The van der Waals surface area contributed by atoms with E-state index in [0.29, 0.717) is 15.6 Å². The van der Waals surface area contributed by atoms with Crippen molar-refractivity contribution in [1.29, 1.82) is 0 Å². The molecule has 0 amide bonds. The lowest BCUT2D eigenvalue weighted by molar-refractivity contribution is 0.0697. The second kappa shape index (κ2) is 5.08. The number of carbonyl (C=O) groups is 1. The standard InChI is InChI=1S/C13H7BrClFO2/c14-8-2-4-12(16)9(6-8)7-1-3-11(15)10(5-7)13(17)18/h1-6H,(H,17,18). The van der Waals surface area contributed by atoms with Gasteiger partial charge in [-0.15, -0.1) is 0 Å². The number of rotatable bonds is 2. The summed E-state index contributed by atoms with van der Waals surface area (Å²) in [5.74, 6) is -1.56. The molecule has 5 heteroatoms. The first kappa shape index (κ1) is 13.1. The summed E-state index contributed by atoms with van der Waals surface area (Å²) in [6.45, 7) is 0. The lowest BCUT2D eigenvalue weighted by Crippen LogP contribution is -1.98. The van der Waals surface area contributed by atoms with Crippen molar-refractivity contribution in [3.8, 4) is 11.1 Å². The topological polar surface area (TPSA) is 37.3 Å². The van der Waals surface area contributed by atoms with Crippen LogP contribution in [0.25, 0.3) is 11.1 Å². The third-order valence-electron chi connectivity index (χ3n) is 2.44. The van der Waals surface area contributed by atoms with E-state index in [9.17, 15) is 9.18 Å². The Labute approximate surface area is 116 Å². The van der Waals surface area contributed by atoms with Crippen LogP contribution < -0.4 is 0 Å². The molecule has 0 heterocycles. The van der Waals surface area contributed by atoms with Crippen molar-refractivity contribution in [3.63, 3.8) is 0 Å². The highest BCUT2D eigenvalue weighted by molar-refractivity contribution is 9.10. The van der Waals surface area contributed by atoms with Gasteiger partial charge in [-0.2, -0.15) is 0 Å². The molecule has 0 saturated carbocycles. The summed E-state index contributed by atoms with van der Waals surface area (Å²) in [6.07, 6.45) is 0. The summed E-state index contributed by atoms with van der Waals surface area (Å²) in [5, 5.41) is 9.10. The fourth-order valence-corrected chi connectivity index (χ4v) is 2.13. The van der Waals surface area contributed by atoms with E-state index >= 15 is 0 Å². The van der Waals surface area contributed by atoms with Crippen molar-refractivity contribution in [2.24, 2.45) is 0 Å². The Morgan fingerprint density at radius 3 is 2.61 bits per heavy atom. The monoisotopic (exact) mass is 328 g/mol. The number of halogens is 3. The van der Waals surface area contributed by atoms with Crippen molar-refractivity contribution in [3.05, 3.63) is 57.3 Å². The van der Waals surface area contributed by atoms with Gasteiger partial charge in [0, 0.05) is 10.0 Å². The van der Waals surface area contributed by atoms with Gasteiger partial charge in [-0.25, -0.2) is 9.18 Å². The SMILES string of the molecule is O=C(O)c1cc(-c2cc(Br)ccc2F)ccc1Cl. The Hall–Kier alpha value is -1.39. The maximum atomic E-state index is 13.7. The molecule has 0 saturated heterocycles. The van der Waals surface area contributed by atoms with Crippen molar-refractivity contribution in [1.82, 2.24) is 0 Å². The van der Waals surface area contributed by atoms with Crippen LogP contribution in [0.15, 0.2) is 40.9 Å². The molecule has 92 valence electrons. The smallest absolute Gasteiger partial charge is 0.337 e. The first-order valence-corrected chi connectivity index (χ1v) is 6.14. The van der Waals surface area contributed by atoms with Crippen LogP contribution >= 0.6 is 27.5 Å². The van der Waals surface area contributed by atoms with E-state index in [2.05, 4.69) is 15.9 Å². The molecule has 2 rings (SSSR count). The molecular formula is C13H7BrClFO2. The molecule has 2 aromatic carbocycles. The molecule has 18 heavy (non-hydrogen) atoms. The van der Waals surface area contributed by atoms with Gasteiger partial charge in [0.25, 0.3) is 0 Å². The van der Waals surface area contributed by atoms with Crippen LogP contribution in [-0.2, 0) is 0 Å². The quantitative estimate of drug-likeness (QED) is 0.874. The minimum absolute atomic E-state index is 0.0476. The third-order valence-corrected chi connectivity index (χ3v) is 3.26. The van der Waals surface area contributed by atoms with E-state index in [4.69, 9.17) is 16.7 Å². The van der Waals surface area contributed by atoms with E-state index in [0.717, 1.165) is 0 Å². The van der Waals surface area contributed by atoms with E-state index in [-0.39, 0.29) is 10.6 Å². The van der Waals surface area contributed by atoms with Crippen LogP contribution in [0.2, 0.25) is 5.02 Å². The average Bonchev–Trinajstić information content (AvgIpc) is 2.33. The summed E-state index contributed by atoms with van der Waals surface area (Å²) >= 11 is 9.01. The van der Waals surface area contributed by atoms with Gasteiger partial charge < -0.3 is 5.11 Å². The van der Waals surface area contributed by atoms with Gasteiger partial charge in [-0.3, -0.25) is 0 Å². The zero-order chi connectivity index (χ0) is 13.3. The van der Waals surface area contributed by atoms with Gasteiger partial charge in [0.2, 0.25) is 0 Å². The summed E-state index contributed by atoms with van der Waals surface area (Å²) in [7, 11) is 0. The molecule has 1 N–H and O–H groups in total. The second-order valence-electron chi connectivity index (χ2n) is 3.62. The van der Waals surface area contributed by atoms with Crippen molar-refractivity contribution >= 4 is 33.5 Å². The van der Waals surface area contributed by atoms with Crippen LogP contribution in [0.4, 0.5) is 4.39 Å². The number of carboxylic acid groups (broad SMARTS) is 1. The van der Waals surface area contributed by atoms with Gasteiger partial charge >= 0.3 is 5.97 Å². The van der Waals surface area contributed by atoms with Crippen LogP contribution in [0.3, 0.4) is 0 Å². The maximum Gasteiger partial charge on any atom is 0.337 e. The molecule has 2 aromatic rings. The molecule has 0 spiro atoms. The lowest BCUT2D eigenvalue weighted by Gasteiger charge is -2.06. The zero-order valence-electron chi connectivity index (χ0n) is 8.95. The van der Waals surface area contributed by atoms with Crippen LogP contribution in [0.1, 0.15) is 10.4 Å². The lowest BCUT2D eigenvalue weighted by atomic mass is 10.0. The molecule has 0 aromatic heterocycles.